The molecule has 0 aromatic rings. The van der Waals surface area contributed by atoms with Crippen LogP contribution in [0.3, 0.4) is 0 Å². The van der Waals surface area contributed by atoms with Crippen LogP contribution in [-0.2, 0) is 9.53 Å². The van der Waals surface area contributed by atoms with Gasteiger partial charge in [-0.05, 0) is 30.1 Å². The Hall–Kier alpha value is -0.870. The van der Waals surface area contributed by atoms with Crippen molar-refractivity contribution in [2.24, 2.45) is 22.7 Å². The van der Waals surface area contributed by atoms with Gasteiger partial charge >= 0.3 is 5.97 Å². The molecule has 1 aliphatic heterocycles. The van der Waals surface area contributed by atoms with Crippen LogP contribution in [0.2, 0.25) is 0 Å². The Balaban J connectivity index is 2.11. The molecule has 0 unspecified atom stereocenters. The molecular formula is C15H22O4. The van der Waals surface area contributed by atoms with E-state index in [2.05, 4.69) is 13.8 Å². The molecule has 0 aromatic carbocycles. The lowest BCUT2D eigenvalue weighted by molar-refractivity contribution is -0.137. The first kappa shape index (κ1) is 13.1. The third-order valence-electron chi connectivity index (χ3n) is 5.44. The van der Waals surface area contributed by atoms with E-state index in [1.54, 1.807) is 0 Å². The highest BCUT2D eigenvalue weighted by molar-refractivity contribution is 5.94. The molecule has 2 aliphatic carbocycles. The fourth-order valence-electron chi connectivity index (χ4n) is 4.53. The first-order valence-electron chi connectivity index (χ1n) is 7.00. The largest absolute Gasteiger partial charge is 0.458 e. The van der Waals surface area contributed by atoms with Crippen molar-refractivity contribution < 1.29 is 19.7 Å². The predicted molar refractivity (Wildman–Crippen MR) is 69.2 cm³/mol. The second kappa shape index (κ2) is 3.83. The van der Waals surface area contributed by atoms with Crippen LogP contribution in [0.25, 0.3) is 0 Å². The highest BCUT2D eigenvalue weighted by Crippen LogP contribution is 2.60. The van der Waals surface area contributed by atoms with Gasteiger partial charge in [-0.2, -0.15) is 0 Å². The van der Waals surface area contributed by atoms with Gasteiger partial charge in [-0.3, -0.25) is 0 Å². The van der Waals surface area contributed by atoms with Gasteiger partial charge in [0.25, 0.3) is 0 Å². The number of rotatable bonds is 1. The molecule has 2 N–H and O–H groups in total. The van der Waals surface area contributed by atoms with E-state index in [4.69, 9.17) is 4.74 Å². The molecule has 0 radical (unpaired) electrons. The minimum atomic E-state index is -0.590. The van der Waals surface area contributed by atoms with E-state index >= 15 is 0 Å². The van der Waals surface area contributed by atoms with E-state index in [0.29, 0.717) is 11.1 Å². The van der Waals surface area contributed by atoms with Crippen molar-refractivity contribution in [1.82, 2.24) is 0 Å². The summed E-state index contributed by atoms with van der Waals surface area (Å²) in [5.74, 6) is -0.0824. The smallest absolute Gasteiger partial charge is 0.335 e. The van der Waals surface area contributed by atoms with Crippen LogP contribution < -0.4 is 0 Å². The van der Waals surface area contributed by atoms with Gasteiger partial charge in [-0.25, -0.2) is 4.79 Å². The van der Waals surface area contributed by atoms with Crippen molar-refractivity contribution in [3.8, 4) is 0 Å². The van der Waals surface area contributed by atoms with Crippen molar-refractivity contribution >= 4 is 5.97 Å². The van der Waals surface area contributed by atoms with Gasteiger partial charge in [0.15, 0.2) is 0 Å². The zero-order valence-corrected chi connectivity index (χ0v) is 11.8. The van der Waals surface area contributed by atoms with Gasteiger partial charge < -0.3 is 14.9 Å². The molecular weight excluding hydrogens is 244 g/mol. The topological polar surface area (TPSA) is 66.8 Å². The molecule has 4 atom stereocenters. The normalized spacial score (nSPS) is 44.1. The number of aliphatic hydroxyl groups excluding tert-OH is 2. The minimum absolute atomic E-state index is 0.0646. The maximum Gasteiger partial charge on any atom is 0.335 e. The summed E-state index contributed by atoms with van der Waals surface area (Å²) in [6.07, 6.45) is 1.27. The number of hydrogen-bond acceptors (Lipinski definition) is 4. The number of carbonyl (C=O) groups excluding carboxylic acids is 1. The first-order chi connectivity index (χ1) is 8.80. The maximum absolute atomic E-state index is 12.0. The predicted octanol–water partition coefficient (Wildman–Crippen LogP) is 1.27. The van der Waals surface area contributed by atoms with Crippen LogP contribution in [0.4, 0.5) is 0 Å². The van der Waals surface area contributed by atoms with Gasteiger partial charge in [0.1, 0.15) is 6.61 Å². The Morgan fingerprint density at radius 1 is 1.32 bits per heavy atom. The van der Waals surface area contributed by atoms with Gasteiger partial charge in [0, 0.05) is 11.0 Å². The van der Waals surface area contributed by atoms with Crippen LogP contribution in [0.5, 0.6) is 0 Å². The van der Waals surface area contributed by atoms with Crippen LogP contribution in [0.1, 0.15) is 33.6 Å². The van der Waals surface area contributed by atoms with Crippen LogP contribution in [0, 0.1) is 22.7 Å². The Bertz CT molecular complexity index is 465. The number of carbonyl (C=O) groups is 1. The molecule has 19 heavy (non-hydrogen) atoms. The first-order valence-corrected chi connectivity index (χ1v) is 7.00. The summed E-state index contributed by atoms with van der Waals surface area (Å²) >= 11 is 0. The van der Waals surface area contributed by atoms with E-state index in [-0.39, 0.29) is 36.4 Å². The maximum atomic E-state index is 12.0. The number of esters is 1. The van der Waals surface area contributed by atoms with Crippen molar-refractivity contribution in [1.29, 1.82) is 0 Å². The van der Waals surface area contributed by atoms with E-state index in [9.17, 15) is 15.0 Å². The molecule has 0 amide bonds. The lowest BCUT2D eigenvalue weighted by Gasteiger charge is -2.44. The number of hydrogen-bond donors (Lipinski definition) is 2. The van der Waals surface area contributed by atoms with Crippen LogP contribution in [-0.4, -0.2) is 35.5 Å². The third kappa shape index (κ3) is 1.62. The quantitative estimate of drug-likeness (QED) is 0.701. The lowest BCUT2D eigenvalue weighted by Crippen LogP contribution is -2.46. The highest BCUT2D eigenvalue weighted by Gasteiger charge is 2.59. The summed E-state index contributed by atoms with van der Waals surface area (Å²) in [7, 11) is 0. The van der Waals surface area contributed by atoms with Crippen LogP contribution in [0.15, 0.2) is 11.1 Å². The van der Waals surface area contributed by atoms with E-state index in [0.717, 1.165) is 12.8 Å². The van der Waals surface area contributed by atoms with E-state index in [1.165, 1.54) is 0 Å². The van der Waals surface area contributed by atoms with Crippen molar-refractivity contribution in [2.45, 2.75) is 39.7 Å². The fourth-order valence-corrected chi connectivity index (χ4v) is 4.53. The molecule has 1 heterocycles. The standard InChI is InChI=1S/C15H22O4/c1-14(2)4-8-10(5-14)15(3,7-16)11-9(12(8)17)6-19-13(11)18/h8,10,12,16-17H,4-7H2,1-3H3/t8-,10+,12+,15-/m1/s1. The monoisotopic (exact) mass is 266 g/mol. The molecule has 0 saturated heterocycles. The number of aliphatic hydroxyl groups is 2. The zero-order valence-electron chi connectivity index (χ0n) is 11.8. The van der Waals surface area contributed by atoms with Gasteiger partial charge in [-0.1, -0.05) is 20.8 Å². The Morgan fingerprint density at radius 3 is 2.63 bits per heavy atom. The van der Waals surface area contributed by atoms with Crippen molar-refractivity contribution in [2.75, 3.05) is 13.2 Å². The summed E-state index contributed by atoms with van der Waals surface area (Å²) < 4.78 is 5.10. The number of cyclic esters (lactones) is 1. The number of ether oxygens (including phenoxy) is 1. The second-order valence-corrected chi connectivity index (χ2v) is 7.34. The van der Waals surface area contributed by atoms with Gasteiger partial charge in [-0.15, -0.1) is 0 Å². The molecule has 1 fully saturated rings. The Kier molecular flexibility index (Phi) is 2.64. The number of fused-ring (bicyclic) bond motifs is 1. The Labute approximate surface area is 113 Å². The summed E-state index contributed by atoms with van der Waals surface area (Å²) in [4.78, 5) is 12.0. The highest BCUT2D eigenvalue weighted by atomic mass is 16.5. The summed E-state index contributed by atoms with van der Waals surface area (Å²) in [5.41, 5.74) is 0.832. The molecule has 106 valence electrons. The molecule has 0 aromatic heterocycles. The average Bonchev–Trinajstić information content (AvgIpc) is 2.87. The summed E-state index contributed by atoms with van der Waals surface area (Å²) in [6, 6.07) is 0. The molecule has 3 aliphatic rings. The molecule has 3 rings (SSSR count). The Morgan fingerprint density at radius 2 is 2.00 bits per heavy atom. The SMILES string of the molecule is CC1(C)C[C@H]2[C@H](O)C3=C(C(=O)OC3)[C@](C)(CO)[C@H]2C1. The van der Waals surface area contributed by atoms with Gasteiger partial charge in [0.2, 0.25) is 0 Å². The van der Waals surface area contributed by atoms with Crippen molar-refractivity contribution in [3.63, 3.8) is 0 Å². The molecule has 0 spiro atoms. The third-order valence-corrected chi connectivity index (χ3v) is 5.44. The molecule has 4 heteroatoms. The zero-order chi connectivity index (χ0) is 14.0. The van der Waals surface area contributed by atoms with E-state index in [1.807, 2.05) is 6.92 Å². The molecule has 4 nitrogen and oxygen atoms in total. The lowest BCUT2D eigenvalue weighted by atomic mass is 9.60. The average molecular weight is 266 g/mol. The summed E-state index contributed by atoms with van der Waals surface area (Å²) in [5, 5.41) is 20.5. The molecule has 1 saturated carbocycles. The van der Waals surface area contributed by atoms with Crippen LogP contribution >= 0.6 is 0 Å². The van der Waals surface area contributed by atoms with Gasteiger partial charge in [0.05, 0.1) is 18.3 Å². The summed E-state index contributed by atoms with van der Waals surface area (Å²) in [6.45, 7) is 6.46. The van der Waals surface area contributed by atoms with Crippen molar-refractivity contribution in [3.05, 3.63) is 11.1 Å². The second-order valence-electron chi connectivity index (χ2n) is 7.34. The fraction of sp³-hybridized carbons (Fsp3) is 0.800. The minimum Gasteiger partial charge on any atom is -0.458 e. The van der Waals surface area contributed by atoms with E-state index < -0.39 is 11.5 Å². The molecule has 0 bridgehead atoms.